The summed E-state index contributed by atoms with van der Waals surface area (Å²) < 4.78 is 32.5. The van der Waals surface area contributed by atoms with Crippen LogP contribution in [-0.4, -0.2) is 45.1 Å². The summed E-state index contributed by atoms with van der Waals surface area (Å²) in [4.78, 5) is 13.9. The Morgan fingerprint density at radius 2 is 1.59 bits per heavy atom. The van der Waals surface area contributed by atoms with Gasteiger partial charge < -0.3 is 10.5 Å². The van der Waals surface area contributed by atoms with Crippen molar-refractivity contribution in [3.8, 4) is 11.5 Å². The van der Waals surface area contributed by atoms with Crippen molar-refractivity contribution < 1.29 is 17.9 Å². The molecule has 1 heterocycles. The fraction of sp³-hybridized carbons (Fsp3) is 0.536. The Labute approximate surface area is 227 Å². The van der Waals surface area contributed by atoms with Crippen LogP contribution in [0, 0.1) is 17.8 Å². The smallest absolute Gasteiger partial charge is 0.232 e. The molecule has 2 N–H and O–H groups in total. The zero-order valence-corrected chi connectivity index (χ0v) is 23.5. The first kappa shape index (κ1) is 29.3. The van der Waals surface area contributed by atoms with Crippen LogP contribution >= 0.6 is 12.4 Å². The number of likely N-dealkylation sites (tertiary alicyclic amines) is 1. The molecule has 1 saturated heterocycles. The van der Waals surface area contributed by atoms with Crippen molar-refractivity contribution in [1.29, 1.82) is 0 Å². The highest BCUT2D eigenvalue weighted by Crippen LogP contribution is 2.30. The number of carbonyl (C=O) groups is 1. The third-order valence-electron chi connectivity index (χ3n) is 7.59. The van der Waals surface area contributed by atoms with E-state index in [4.69, 9.17) is 10.5 Å². The number of piperidine rings is 1. The molecule has 7 nitrogen and oxygen atoms in total. The summed E-state index contributed by atoms with van der Waals surface area (Å²) in [5.74, 6) is 1.86. The highest BCUT2D eigenvalue weighted by Gasteiger charge is 2.29. The van der Waals surface area contributed by atoms with Gasteiger partial charge in [-0.1, -0.05) is 38.3 Å². The minimum Gasteiger partial charge on any atom is -0.457 e. The Kier molecular flexibility index (Phi) is 10.3. The molecule has 1 aliphatic heterocycles. The number of sulfonamides is 1. The van der Waals surface area contributed by atoms with Crippen LogP contribution < -0.4 is 14.8 Å². The third-order valence-corrected chi connectivity index (χ3v) is 8.75. The van der Waals surface area contributed by atoms with Gasteiger partial charge in [0.1, 0.15) is 11.5 Å². The lowest BCUT2D eigenvalue weighted by molar-refractivity contribution is -0.125. The van der Waals surface area contributed by atoms with Crippen LogP contribution in [0.4, 0.5) is 5.69 Å². The summed E-state index contributed by atoms with van der Waals surface area (Å²) in [7, 11) is -3.35. The van der Waals surface area contributed by atoms with Crippen molar-refractivity contribution >= 4 is 34.0 Å². The molecule has 1 amide bonds. The van der Waals surface area contributed by atoms with Crippen molar-refractivity contribution in [3.63, 3.8) is 0 Å². The van der Waals surface area contributed by atoms with E-state index in [1.807, 2.05) is 36.4 Å². The van der Waals surface area contributed by atoms with E-state index in [0.29, 0.717) is 23.9 Å². The molecule has 0 radical (unpaired) electrons. The standard InChI is InChI=1S/C28H39N3O4S.ClH/c1-21-18-30(17-16-27(21)28(29)32)19-23-8-12-25(13-9-23)35-26-14-10-24(11-15-26)31(36(2,33)34)20-22-6-4-3-5-7-22;/h8-15,21-22,27H,3-7,16-20H2,1-2H3,(H2,29,32);1H. The van der Waals surface area contributed by atoms with Gasteiger partial charge in [-0.05, 0) is 79.6 Å². The summed E-state index contributed by atoms with van der Waals surface area (Å²) in [6.07, 6.45) is 7.88. The number of benzene rings is 2. The lowest BCUT2D eigenvalue weighted by Gasteiger charge is -2.35. The van der Waals surface area contributed by atoms with Gasteiger partial charge in [-0.3, -0.25) is 14.0 Å². The fourth-order valence-electron chi connectivity index (χ4n) is 5.57. The van der Waals surface area contributed by atoms with E-state index < -0.39 is 10.0 Å². The number of nitrogens with two attached hydrogens (primary N) is 1. The van der Waals surface area contributed by atoms with Gasteiger partial charge in [-0.25, -0.2) is 8.42 Å². The summed E-state index contributed by atoms with van der Waals surface area (Å²) in [5, 5.41) is 0. The van der Waals surface area contributed by atoms with E-state index in [2.05, 4.69) is 24.0 Å². The second-order valence-electron chi connectivity index (χ2n) is 10.5. The average molecular weight is 550 g/mol. The van der Waals surface area contributed by atoms with Crippen LogP contribution in [0.1, 0.15) is 51.0 Å². The molecular weight excluding hydrogens is 510 g/mol. The van der Waals surface area contributed by atoms with E-state index in [1.54, 1.807) is 0 Å². The quantitative estimate of drug-likeness (QED) is 0.464. The monoisotopic (exact) mass is 549 g/mol. The average Bonchev–Trinajstić information content (AvgIpc) is 2.84. The van der Waals surface area contributed by atoms with Crippen molar-refractivity contribution in [3.05, 3.63) is 54.1 Å². The number of hydrogen-bond acceptors (Lipinski definition) is 5. The molecule has 9 heteroatoms. The highest BCUT2D eigenvalue weighted by molar-refractivity contribution is 7.92. The van der Waals surface area contributed by atoms with Crippen molar-refractivity contribution in [1.82, 2.24) is 4.90 Å². The molecular formula is C28H40ClN3O4S. The van der Waals surface area contributed by atoms with Gasteiger partial charge >= 0.3 is 0 Å². The first-order valence-electron chi connectivity index (χ1n) is 13.1. The number of carbonyl (C=O) groups excluding carboxylic acids is 1. The van der Waals surface area contributed by atoms with Crippen LogP contribution in [0.2, 0.25) is 0 Å². The van der Waals surface area contributed by atoms with Gasteiger partial charge in [0, 0.05) is 25.6 Å². The van der Waals surface area contributed by atoms with Gasteiger partial charge in [0.15, 0.2) is 0 Å². The van der Waals surface area contributed by atoms with E-state index in [9.17, 15) is 13.2 Å². The predicted molar refractivity (Wildman–Crippen MR) is 151 cm³/mol. The number of halogens is 1. The maximum atomic E-state index is 12.5. The van der Waals surface area contributed by atoms with E-state index in [1.165, 1.54) is 35.4 Å². The van der Waals surface area contributed by atoms with Crippen molar-refractivity contribution in [2.45, 2.75) is 52.0 Å². The van der Waals surface area contributed by atoms with Crippen molar-refractivity contribution in [2.75, 3.05) is 30.2 Å². The van der Waals surface area contributed by atoms with Crippen LogP contribution in [0.5, 0.6) is 11.5 Å². The Hall–Kier alpha value is -2.29. The first-order valence-corrected chi connectivity index (χ1v) is 14.9. The molecule has 2 aliphatic rings. The second-order valence-corrected chi connectivity index (χ2v) is 12.5. The normalized spacial score (nSPS) is 21.1. The minimum absolute atomic E-state index is 0. The first-order chi connectivity index (χ1) is 17.2. The number of anilines is 1. The molecule has 204 valence electrons. The number of amides is 1. The minimum atomic E-state index is -3.35. The second kappa shape index (κ2) is 13.0. The third kappa shape index (κ3) is 8.09. The summed E-state index contributed by atoms with van der Waals surface area (Å²) in [6, 6.07) is 15.3. The molecule has 2 atom stereocenters. The Morgan fingerprint density at radius 1 is 1.00 bits per heavy atom. The molecule has 37 heavy (non-hydrogen) atoms. The predicted octanol–water partition coefficient (Wildman–Crippen LogP) is 5.19. The van der Waals surface area contributed by atoms with E-state index in [-0.39, 0.29) is 30.2 Å². The lowest BCUT2D eigenvalue weighted by atomic mass is 9.86. The maximum Gasteiger partial charge on any atom is 0.232 e. The van der Waals surface area contributed by atoms with Gasteiger partial charge in [0.25, 0.3) is 0 Å². The van der Waals surface area contributed by atoms with Crippen LogP contribution in [0.15, 0.2) is 48.5 Å². The highest BCUT2D eigenvalue weighted by atomic mass is 35.5. The van der Waals surface area contributed by atoms with Crippen LogP contribution in [0.25, 0.3) is 0 Å². The number of ether oxygens (including phenoxy) is 1. The molecule has 4 rings (SSSR count). The Bertz CT molecular complexity index is 1120. The van der Waals surface area contributed by atoms with Crippen LogP contribution in [0.3, 0.4) is 0 Å². The Balaban J connectivity index is 0.00000380. The SMILES string of the molecule is CC1CN(Cc2ccc(Oc3ccc(N(CC4CCCCC4)S(C)(=O)=O)cc3)cc2)CCC1C(N)=O.Cl. The maximum absolute atomic E-state index is 12.5. The summed E-state index contributed by atoms with van der Waals surface area (Å²) in [6.45, 7) is 5.19. The van der Waals surface area contributed by atoms with Crippen molar-refractivity contribution in [2.24, 2.45) is 23.5 Å². The van der Waals surface area contributed by atoms with E-state index >= 15 is 0 Å². The summed E-state index contributed by atoms with van der Waals surface area (Å²) >= 11 is 0. The molecule has 1 saturated carbocycles. The lowest BCUT2D eigenvalue weighted by Crippen LogP contribution is -2.43. The van der Waals surface area contributed by atoms with Gasteiger partial charge in [-0.2, -0.15) is 0 Å². The zero-order valence-electron chi connectivity index (χ0n) is 21.8. The van der Waals surface area contributed by atoms with Crippen LogP contribution in [-0.2, 0) is 21.4 Å². The topological polar surface area (TPSA) is 92.9 Å². The number of primary amides is 1. The molecule has 2 unspecified atom stereocenters. The number of rotatable bonds is 9. The molecule has 0 spiro atoms. The van der Waals surface area contributed by atoms with E-state index in [0.717, 1.165) is 44.6 Å². The molecule has 2 aromatic rings. The molecule has 1 aliphatic carbocycles. The van der Waals surface area contributed by atoms with Gasteiger partial charge in [-0.15, -0.1) is 12.4 Å². The summed E-state index contributed by atoms with van der Waals surface area (Å²) in [5.41, 5.74) is 7.38. The zero-order chi connectivity index (χ0) is 25.7. The number of hydrogen-bond donors (Lipinski definition) is 1. The molecule has 0 bridgehead atoms. The van der Waals surface area contributed by atoms with Gasteiger partial charge in [0.2, 0.25) is 15.9 Å². The molecule has 2 fully saturated rings. The molecule has 0 aromatic heterocycles. The fourth-order valence-corrected chi connectivity index (χ4v) is 6.56. The Morgan fingerprint density at radius 3 is 2.14 bits per heavy atom. The largest absolute Gasteiger partial charge is 0.457 e. The van der Waals surface area contributed by atoms with Gasteiger partial charge in [0.05, 0.1) is 11.9 Å². The number of nitrogens with zero attached hydrogens (tertiary/aromatic N) is 2. The molecule has 2 aromatic carbocycles.